The number of carbonyl (C=O) groups excluding carboxylic acids is 1. The van der Waals surface area contributed by atoms with Gasteiger partial charge in [-0.15, -0.1) is 0 Å². The number of rotatable bonds is 10. The van der Waals surface area contributed by atoms with E-state index in [2.05, 4.69) is 24.3 Å². The lowest BCUT2D eigenvalue weighted by molar-refractivity contribution is -0.125. The molecule has 0 saturated carbocycles. The van der Waals surface area contributed by atoms with Crippen LogP contribution >= 0.6 is 0 Å². The molecule has 0 unspecified atom stereocenters. The summed E-state index contributed by atoms with van der Waals surface area (Å²) in [7, 11) is 1.63. The Hall–Kier alpha value is -2.24. The molecule has 0 heterocycles. The van der Waals surface area contributed by atoms with Gasteiger partial charge in [0, 0.05) is 13.0 Å². The molecular weight excluding hydrogens is 294 g/mol. The molecule has 1 rings (SSSR count). The van der Waals surface area contributed by atoms with Crippen molar-refractivity contribution >= 4 is 11.7 Å². The van der Waals surface area contributed by atoms with Gasteiger partial charge in [-0.3, -0.25) is 4.79 Å². The van der Waals surface area contributed by atoms with Crippen LogP contribution in [0.4, 0.5) is 0 Å². The Kier molecular flexibility index (Phi) is 8.57. The lowest BCUT2D eigenvalue weighted by atomic mass is 10.1. The average molecular weight is 321 g/mol. The summed E-state index contributed by atoms with van der Waals surface area (Å²) in [5.74, 6) is 1.59. The van der Waals surface area contributed by atoms with Gasteiger partial charge in [-0.2, -0.15) is 0 Å². The van der Waals surface area contributed by atoms with Crippen LogP contribution < -0.4 is 15.8 Å². The molecule has 0 saturated heterocycles. The first-order valence-electron chi connectivity index (χ1n) is 7.85. The number of oxime groups is 1. The first-order valence-corrected chi connectivity index (χ1v) is 7.85. The standard InChI is InChI=1S/C17H27N3O3/c1-13(2)4-9-16(18)20-23-12-17(21)19-11-10-14-5-7-15(22-3)8-6-14/h5-8,13H,4,9-12H2,1-3H3,(H2,18,20)(H,19,21). The van der Waals surface area contributed by atoms with Crippen LogP contribution in [-0.4, -0.2) is 32.0 Å². The van der Waals surface area contributed by atoms with E-state index >= 15 is 0 Å². The second kappa shape index (κ2) is 10.5. The lowest BCUT2D eigenvalue weighted by Crippen LogP contribution is -2.29. The Morgan fingerprint density at radius 3 is 2.61 bits per heavy atom. The molecule has 0 atom stereocenters. The molecule has 6 nitrogen and oxygen atoms in total. The Labute approximate surface area is 138 Å². The topological polar surface area (TPSA) is 85.9 Å². The maximum atomic E-state index is 11.6. The first-order chi connectivity index (χ1) is 11.0. The minimum Gasteiger partial charge on any atom is -0.497 e. The number of methoxy groups -OCH3 is 1. The van der Waals surface area contributed by atoms with E-state index in [-0.39, 0.29) is 12.5 Å². The summed E-state index contributed by atoms with van der Waals surface area (Å²) < 4.78 is 5.10. The molecule has 0 aromatic heterocycles. The molecule has 0 fully saturated rings. The number of nitrogens with two attached hydrogens (primary N) is 1. The SMILES string of the molecule is COc1ccc(CCNC(=O)CO/N=C(\N)CCC(C)C)cc1. The number of carbonyl (C=O) groups is 1. The highest BCUT2D eigenvalue weighted by molar-refractivity contribution is 5.80. The number of benzene rings is 1. The van der Waals surface area contributed by atoms with E-state index in [1.165, 1.54) is 0 Å². The molecule has 0 radical (unpaired) electrons. The van der Waals surface area contributed by atoms with E-state index in [0.717, 1.165) is 24.2 Å². The third-order valence-corrected chi connectivity index (χ3v) is 3.25. The van der Waals surface area contributed by atoms with Gasteiger partial charge in [0.2, 0.25) is 0 Å². The fraction of sp³-hybridized carbons (Fsp3) is 0.529. The van der Waals surface area contributed by atoms with Gasteiger partial charge >= 0.3 is 0 Å². The number of nitrogens with one attached hydrogen (secondary N) is 1. The molecule has 23 heavy (non-hydrogen) atoms. The highest BCUT2D eigenvalue weighted by atomic mass is 16.6. The number of amides is 1. The summed E-state index contributed by atoms with van der Waals surface area (Å²) >= 11 is 0. The van der Waals surface area contributed by atoms with Crippen LogP contribution in [0.1, 0.15) is 32.3 Å². The maximum Gasteiger partial charge on any atom is 0.260 e. The number of nitrogens with zero attached hydrogens (tertiary/aromatic N) is 1. The van der Waals surface area contributed by atoms with Crippen molar-refractivity contribution in [3.63, 3.8) is 0 Å². The van der Waals surface area contributed by atoms with Crippen molar-refractivity contribution in [3.8, 4) is 5.75 Å². The fourth-order valence-electron chi connectivity index (χ4n) is 1.85. The molecule has 6 heteroatoms. The van der Waals surface area contributed by atoms with Gasteiger partial charge in [0.25, 0.3) is 5.91 Å². The summed E-state index contributed by atoms with van der Waals surface area (Å²) in [6.45, 7) is 4.65. The summed E-state index contributed by atoms with van der Waals surface area (Å²) in [6, 6.07) is 7.74. The molecule has 128 valence electrons. The van der Waals surface area contributed by atoms with Gasteiger partial charge in [-0.05, 0) is 36.5 Å². The van der Waals surface area contributed by atoms with E-state index in [1.54, 1.807) is 7.11 Å². The molecule has 1 amide bonds. The molecule has 3 N–H and O–H groups in total. The Balaban J connectivity index is 2.17. The highest BCUT2D eigenvalue weighted by Crippen LogP contribution is 2.11. The lowest BCUT2D eigenvalue weighted by Gasteiger charge is -2.06. The monoisotopic (exact) mass is 321 g/mol. The summed E-state index contributed by atoms with van der Waals surface area (Å²) in [6.07, 6.45) is 2.37. The Morgan fingerprint density at radius 2 is 2.00 bits per heavy atom. The van der Waals surface area contributed by atoms with Gasteiger partial charge in [0.1, 0.15) is 11.6 Å². The molecule has 1 aromatic rings. The second-order valence-electron chi connectivity index (χ2n) is 5.74. The largest absolute Gasteiger partial charge is 0.497 e. The van der Waals surface area contributed by atoms with Crippen LogP contribution in [0.25, 0.3) is 0 Å². The van der Waals surface area contributed by atoms with Gasteiger partial charge < -0.3 is 20.6 Å². The van der Waals surface area contributed by atoms with E-state index < -0.39 is 0 Å². The van der Waals surface area contributed by atoms with E-state index in [0.29, 0.717) is 24.7 Å². The average Bonchev–Trinajstić information content (AvgIpc) is 2.53. The predicted octanol–water partition coefficient (Wildman–Crippen LogP) is 2.08. The van der Waals surface area contributed by atoms with Crippen LogP contribution in [0.2, 0.25) is 0 Å². The van der Waals surface area contributed by atoms with E-state index in [1.807, 2.05) is 24.3 Å². The van der Waals surface area contributed by atoms with Crippen LogP contribution in [-0.2, 0) is 16.1 Å². The molecule has 0 spiro atoms. The second-order valence-corrected chi connectivity index (χ2v) is 5.74. The van der Waals surface area contributed by atoms with Crippen molar-refractivity contribution in [1.29, 1.82) is 0 Å². The van der Waals surface area contributed by atoms with Gasteiger partial charge in [-0.25, -0.2) is 0 Å². The molecular formula is C17H27N3O3. The van der Waals surface area contributed by atoms with Crippen molar-refractivity contribution in [1.82, 2.24) is 5.32 Å². The zero-order valence-corrected chi connectivity index (χ0v) is 14.2. The highest BCUT2D eigenvalue weighted by Gasteiger charge is 2.03. The van der Waals surface area contributed by atoms with Crippen LogP contribution in [0, 0.1) is 5.92 Å². The molecule has 0 bridgehead atoms. The third-order valence-electron chi connectivity index (χ3n) is 3.25. The first kappa shape index (κ1) is 18.8. The number of hydrogen-bond donors (Lipinski definition) is 2. The quantitative estimate of drug-likeness (QED) is 0.392. The van der Waals surface area contributed by atoms with Gasteiger partial charge in [0.05, 0.1) is 7.11 Å². The normalized spacial score (nSPS) is 11.4. The van der Waals surface area contributed by atoms with Crippen LogP contribution in [0.3, 0.4) is 0 Å². The zero-order chi connectivity index (χ0) is 17.1. The van der Waals surface area contributed by atoms with Gasteiger partial charge in [0.15, 0.2) is 6.61 Å². The van der Waals surface area contributed by atoms with Crippen molar-refractivity contribution in [2.45, 2.75) is 33.1 Å². The predicted molar refractivity (Wildman–Crippen MR) is 91.4 cm³/mol. The van der Waals surface area contributed by atoms with E-state index in [9.17, 15) is 4.79 Å². The van der Waals surface area contributed by atoms with Crippen LogP contribution in [0.15, 0.2) is 29.4 Å². The van der Waals surface area contributed by atoms with Gasteiger partial charge in [-0.1, -0.05) is 31.1 Å². The molecule has 0 aliphatic rings. The zero-order valence-electron chi connectivity index (χ0n) is 14.2. The summed E-state index contributed by atoms with van der Waals surface area (Å²) in [5, 5.41) is 6.52. The summed E-state index contributed by atoms with van der Waals surface area (Å²) in [5.41, 5.74) is 6.82. The fourth-order valence-corrected chi connectivity index (χ4v) is 1.85. The molecule has 0 aliphatic heterocycles. The summed E-state index contributed by atoms with van der Waals surface area (Å²) in [4.78, 5) is 16.6. The smallest absolute Gasteiger partial charge is 0.260 e. The van der Waals surface area contributed by atoms with Crippen molar-refractivity contribution in [3.05, 3.63) is 29.8 Å². The minimum atomic E-state index is -0.209. The van der Waals surface area contributed by atoms with Crippen molar-refractivity contribution < 1.29 is 14.4 Å². The number of amidine groups is 1. The number of hydrogen-bond acceptors (Lipinski definition) is 4. The maximum absolute atomic E-state index is 11.6. The Bertz CT molecular complexity index is 498. The third kappa shape index (κ3) is 8.70. The van der Waals surface area contributed by atoms with Crippen LogP contribution in [0.5, 0.6) is 5.75 Å². The van der Waals surface area contributed by atoms with Crippen molar-refractivity contribution in [2.24, 2.45) is 16.8 Å². The molecule has 0 aliphatic carbocycles. The van der Waals surface area contributed by atoms with Crippen molar-refractivity contribution in [2.75, 3.05) is 20.3 Å². The van der Waals surface area contributed by atoms with E-state index in [4.69, 9.17) is 15.3 Å². The Morgan fingerprint density at radius 1 is 1.30 bits per heavy atom. The number of ether oxygens (including phenoxy) is 1. The molecule has 1 aromatic carbocycles. The minimum absolute atomic E-state index is 0.120.